The van der Waals surface area contributed by atoms with Gasteiger partial charge in [-0.2, -0.15) is 9.97 Å². The van der Waals surface area contributed by atoms with Gasteiger partial charge in [-0.15, -0.1) is 0 Å². The maximum atomic E-state index is 17.1. The third-order valence-corrected chi connectivity index (χ3v) is 13.6. The van der Waals surface area contributed by atoms with E-state index in [9.17, 15) is 0 Å². The second kappa shape index (κ2) is 17.3. The summed E-state index contributed by atoms with van der Waals surface area (Å²) in [5.41, 5.74) is 13.5. The van der Waals surface area contributed by atoms with Crippen molar-refractivity contribution in [3.05, 3.63) is 242 Å². The minimum absolute atomic E-state index is 0.315. The van der Waals surface area contributed by atoms with Crippen LogP contribution < -0.4 is 4.74 Å². The number of aromatic nitrogens is 5. The fourth-order valence-electron chi connectivity index (χ4n) is 10.4. The Kier molecular flexibility index (Phi) is 10.1. The van der Waals surface area contributed by atoms with Crippen LogP contribution in [0.4, 0.5) is 4.39 Å². The van der Waals surface area contributed by atoms with E-state index >= 15 is 4.39 Å². The van der Waals surface area contributed by atoms with Crippen LogP contribution in [-0.2, 0) is 0 Å². The van der Waals surface area contributed by atoms with Crippen LogP contribution in [0.1, 0.15) is 0 Å². The Morgan fingerprint density at radius 3 is 1.58 bits per heavy atom. The first-order valence-electron chi connectivity index (χ1n) is 23.7. The maximum absolute atomic E-state index is 17.1. The highest BCUT2D eigenvalue weighted by atomic mass is 19.1. The molecule has 0 saturated heterocycles. The number of hydrogen-bond acceptors (Lipinski definition) is 4. The lowest BCUT2D eigenvalue weighted by molar-refractivity contribution is 0.416. The molecule has 0 aliphatic carbocycles. The molecule has 0 N–H and O–H groups in total. The Bertz CT molecular complexity index is 4130. The number of benzene rings is 10. The molecule has 336 valence electrons. The zero-order chi connectivity index (χ0) is 47.4. The van der Waals surface area contributed by atoms with Crippen molar-refractivity contribution in [1.82, 2.24) is 24.1 Å². The topological polar surface area (TPSA) is 57.8 Å². The summed E-state index contributed by atoms with van der Waals surface area (Å²) in [6.45, 7) is 0. The Hall–Kier alpha value is -9.46. The molecule has 0 atom stereocenters. The summed E-state index contributed by atoms with van der Waals surface area (Å²) in [6, 6.07) is 80.1. The molecule has 71 heavy (non-hydrogen) atoms. The van der Waals surface area contributed by atoms with E-state index in [1.54, 1.807) is 13.2 Å². The van der Waals surface area contributed by atoms with Gasteiger partial charge in [0.05, 0.1) is 29.2 Å². The van der Waals surface area contributed by atoms with E-state index in [1.165, 1.54) is 11.6 Å². The van der Waals surface area contributed by atoms with Gasteiger partial charge in [0, 0.05) is 49.5 Å². The molecule has 7 heteroatoms. The second-order valence-electron chi connectivity index (χ2n) is 17.6. The van der Waals surface area contributed by atoms with Crippen molar-refractivity contribution in [2.45, 2.75) is 0 Å². The molecule has 0 amide bonds. The van der Waals surface area contributed by atoms with Crippen LogP contribution in [0.25, 0.3) is 123 Å². The van der Waals surface area contributed by atoms with Crippen molar-refractivity contribution in [2.24, 2.45) is 0 Å². The predicted octanol–water partition coefficient (Wildman–Crippen LogP) is 16.2. The Morgan fingerprint density at radius 2 is 0.901 bits per heavy atom. The average molecular weight is 916 g/mol. The van der Waals surface area contributed by atoms with Crippen LogP contribution in [0, 0.1) is 5.82 Å². The highest BCUT2D eigenvalue weighted by Gasteiger charge is 2.26. The molecule has 13 aromatic rings. The summed E-state index contributed by atoms with van der Waals surface area (Å²) >= 11 is 0. The molecular formula is C64H42FN5O. The van der Waals surface area contributed by atoms with E-state index in [0.29, 0.717) is 40.0 Å². The lowest BCUT2D eigenvalue weighted by Crippen LogP contribution is -2.07. The van der Waals surface area contributed by atoms with Gasteiger partial charge in [0.25, 0.3) is 0 Å². The number of nitrogens with zero attached hydrogens (tertiary/aromatic N) is 5. The molecule has 0 fully saturated rings. The monoisotopic (exact) mass is 915 g/mol. The van der Waals surface area contributed by atoms with Gasteiger partial charge in [-0.1, -0.05) is 194 Å². The second-order valence-corrected chi connectivity index (χ2v) is 17.6. The van der Waals surface area contributed by atoms with E-state index in [2.05, 4.69) is 143 Å². The molecule has 0 saturated carbocycles. The quantitative estimate of drug-likeness (QED) is 0.145. The number of halogens is 1. The minimum atomic E-state index is -0.428. The van der Waals surface area contributed by atoms with Crippen molar-refractivity contribution in [3.8, 4) is 84.7 Å². The number of fused-ring (bicyclic) bond motifs is 7. The van der Waals surface area contributed by atoms with Crippen molar-refractivity contribution in [2.75, 3.05) is 7.11 Å². The summed E-state index contributed by atoms with van der Waals surface area (Å²) in [5.74, 6) is 1.26. The molecule has 3 aromatic heterocycles. The molecule has 13 rings (SSSR count). The van der Waals surface area contributed by atoms with Gasteiger partial charge >= 0.3 is 0 Å². The Labute approximate surface area is 409 Å². The summed E-state index contributed by atoms with van der Waals surface area (Å²) in [4.78, 5) is 16.1. The zero-order valence-corrected chi connectivity index (χ0v) is 38.5. The van der Waals surface area contributed by atoms with E-state index in [0.717, 1.165) is 82.7 Å². The highest BCUT2D eigenvalue weighted by molar-refractivity contribution is 6.26. The summed E-state index contributed by atoms with van der Waals surface area (Å²) in [7, 11) is 1.62. The van der Waals surface area contributed by atoms with Crippen LogP contribution in [0.5, 0.6) is 5.75 Å². The van der Waals surface area contributed by atoms with Crippen LogP contribution in [0.2, 0.25) is 0 Å². The van der Waals surface area contributed by atoms with Crippen molar-refractivity contribution in [3.63, 3.8) is 0 Å². The standard InChI is InChI=1S/C64H42FN5O/c1-71-57-30-16-25-48(45-21-9-4-10-22-45)60(57)58-52(26-15-27-53(58)65)63-66-62(46-33-31-43(32-34-46)41-17-5-2-6-18-41)67-64(68-63)70-54-28-13-11-23-49(54)50-39-40-56-59(61(50)70)51-24-12-14-29-55(51)69(56)47-37-35-44(36-38-47)42-19-7-3-8-20-42/h2-40H,1H3. The number of ether oxygens (including phenoxy) is 1. The van der Waals surface area contributed by atoms with Gasteiger partial charge in [-0.05, 0) is 75.8 Å². The van der Waals surface area contributed by atoms with E-state index in [4.69, 9.17) is 19.7 Å². The zero-order valence-electron chi connectivity index (χ0n) is 38.5. The van der Waals surface area contributed by atoms with Crippen molar-refractivity contribution in [1.29, 1.82) is 0 Å². The molecule has 0 aliphatic rings. The first kappa shape index (κ1) is 41.7. The van der Waals surface area contributed by atoms with E-state index < -0.39 is 5.82 Å². The fraction of sp³-hybridized carbons (Fsp3) is 0.0156. The largest absolute Gasteiger partial charge is 0.496 e. The molecule has 3 heterocycles. The molecular weight excluding hydrogens is 874 g/mol. The first-order chi connectivity index (χ1) is 35.1. The van der Waals surface area contributed by atoms with Crippen molar-refractivity contribution >= 4 is 43.6 Å². The molecule has 0 spiro atoms. The lowest BCUT2D eigenvalue weighted by atomic mass is 9.90. The number of rotatable bonds is 9. The molecule has 6 nitrogen and oxygen atoms in total. The summed E-state index contributed by atoms with van der Waals surface area (Å²) in [6.07, 6.45) is 0. The third-order valence-electron chi connectivity index (χ3n) is 13.6. The minimum Gasteiger partial charge on any atom is -0.496 e. The SMILES string of the molecule is COc1cccc(-c2ccccc2)c1-c1c(F)cccc1-c1nc(-c2ccc(-c3ccccc3)cc2)nc(-n2c3ccccc3c3ccc4c(c5ccccc5n4-c4ccc(-c5ccccc5)cc4)c32)n1. The van der Waals surface area contributed by atoms with Crippen LogP contribution >= 0.6 is 0 Å². The Balaban J connectivity index is 1.09. The fourth-order valence-corrected chi connectivity index (χ4v) is 10.4. The Morgan fingerprint density at radius 1 is 0.366 bits per heavy atom. The molecule has 0 unspecified atom stereocenters. The summed E-state index contributed by atoms with van der Waals surface area (Å²) < 4.78 is 27.6. The van der Waals surface area contributed by atoms with Gasteiger partial charge in [0.1, 0.15) is 11.6 Å². The van der Waals surface area contributed by atoms with Gasteiger partial charge in [-0.3, -0.25) is 4.57 Å². The highest BCUT2D eigenvalue weighted by Crippen LogP contribution is 2.46. The van der Waals surface area contributed by atoms with Crippen LogP contribution in [0.15, 0.2) is 237 Å². The smallest absolute Gasteiger partial charge is 0.238 e. The lowest BCUT2D eigenvalue weighted by Gasteiger charge is -2.18. The van der Waals surface area contributed by atoms with E-state index in [-0.39, 0.29) is 0 Å². The van der Waals surface area contributed by atoms with Gasteiger partial charge in [0.15, 0.2) is 11.6 Å². The summed E-state index contributed by atoms with van der Waals surface area (Å²) in [5, 5.41) is 4.26. The first-order valence-corrected chi connectivity index (χ1v) is 23.7. The normalized spacial score (nSPS) is 11.5. The van der Waals surface area contributed by atoms with Crippen LogP contribution in [0.3, 0.4) is 0 Å². The maximum Gasteiger partial charge on any atom is 0.238 e. The predicted molar refractivity (Wildman–Crippen MR) is 288 cm³/mol. The number of para-hydroxylation sites is 2. The van der Waals surface area contributed by atoms with Crippen LogP contribution in [-0.4, -0.2) is 31.2 Å². The molecule has 0 bridgehead atoms. The van der Waals surface area contributed by atoms with E-state index in [1.807, 2.05) is 91.0 Å². The molecule has 10 aromatic carbocycles. The average Bonchev–Trinajstić information content (AvgIpc) is 3.97. The number of methoxy groups -OCH3 is 1. The van der Waals surface area contributed by atoms with Gasteiger partial charge < -0.3 is 9.30 Å². The van der Waals surface area contributed by atoms with Gasteiger partial charge in [-0.25, -0.2) is 9.37 Å². The molecule has 0 aliphatic heterocycles. The number of hydrogen-bond donors (Lipinski definition) is 0. The van der Waals surface area contributed by atoms with Crippen molar-refractivity contribution < 1.29 is 9.13 Å². The third kappa shape index (κ3) is 7.05. The molecule has 0 radical (unpaired) electrons. The van der Waals surface area contributed by atoms with Gasteiger partial charge in [0.2, 0.25) is 5.95 Å².